The number of nitrogens with zero attached hydrogens (tertiary/aromatic N) is 2. The lowest BCUT2D eigenvalue weighted by Crippen LogP contribution is -2.01. The van der Waals surface area contributed by atoms with E-state index in [4.69, 9.17) is 16.0 Å². The van der Waals surface area contributed by atoms with Crippen LogP contribution in [-0.4, -0.2) is 9.97 Å². The van der Waals surface area contributed by atoms with Gasteiger partial charge in [-0.25, -0.2) is 4.98 Å². The molecule has 0 aliphatic carbocycles. The second kappa shape index (κ2) is 4.87. The van der Waals surface area contributed by atoms with Crippen LogP contribution in [0.2, 0.25) is 5.28 Å². The number of thiophene rings is 1. The first-order valence-corrected chi connectivity index (χ1v) is 7.15. The molecule has 0 spiro atoms. The van der Waals surface area contributed by atoms with Crippen molar-refractivity contribution in [3.8, 4) is 0 Å². The zero-order valence-corrected chi connectivity index (χ0v) is 12.1. The van der Waals surface area contributed by atoms with Crippen molar-refractivity contribution in [2.75, 3.05) is 5.32 Å². The second-order valence-electron chi connectivity index (χ2n) is 3.54. The first-order chi connectivity index (χ1) is 8.74. The SMILES string of the molecule is Clc1nc(NCc2ccco2)c2scc(Br)c2n1. The van der Waals surface area contributed by atoms with Gasteiger partial charge in [0.15, 0.2) is 0 Å². The van der Waals surface area contributed by atoms with E-state index in [1.165, 1.54) is 0 Å². The van der Waals surface area contributed by atoms with Gasteiger partial charge in [0.2, 0.25) is 5.28 Å². The molecule has 4 nitrogen and oxygen atoms in total. The van der Waals surface area contributed by atoms with Gasteiger partial charge in [0.25, 0.3) is 0 Å². The van der Waals surface area contributed by atoms with Crippen molar-refractivity contribution in [1.29, 1.82) is 0 Å². The van der Waals surface area contributed by atoms with E-state index in [0.717, 1.165) is 26.3 Å². The highest BCUT2D eigenvalue weighted by atomic mass is 79.9. The molecule has 7 heteroatoms. The number of aromatic nitrogens is 2. The van der Waals surface area contributed by atoms with Crippen molar-refractivity contribution in [2.24, 2.45) is 0 Å². The number of halogens is 2. The Morgan fingerprint density at radius 1 is 1.44 bits per heavy atom. The van der Waals surface area contributed by atoms with Crippen LogP contribution in [0.5, 0.6) is 0 Å². The van der Waals surface area contributed by atoms with Gasteiger partial charge in [0.05, 0.1) is 22.0 Å². The number of nitrogens with one attached hydrogen (secondary N) is 1. The smallest absolute Gasteiger partial charge is 0.225 e. The lowest BCUT2D eigenvalue weighted by atomic mass is 10.4. The van der Waals surface area contributed by atoms with Gasteiger partial charge < -0.3 is 9.73 Å². The summed E-state index contributed by atoms with van der Waals surface area (Å²) in [6.45, 7) is 0.560. The van der Waals surface area contributed by atoms with E-state index in [-0.39, 0.29) is 5.28 Å². The average Bonchev–Trinajstić information content (AvgIpc) is 2.97. The summed E-state index contributed by atoms with van der Waals surface area (Å²) in [4.78, 5) is 8.40. The largest absolute Gasteiger partial charge is 0.467 e. The molecule has 0 aliphatic heterocycles. The number of fused-ring (bicyclic) bond motifs is 1. The Morgan fingerprint density at radius 3 is 3.11 bits per heavy atom. The van der Waals surface area contributed by atoms with Crippen LogP contribution in [0.25, 0.3) is 10.2 Å². The predicted octanol–water partition coefficient (Wildman–Crippen LogP) is 4.31. The van der Waals surface area contributed by atoms with E-state index >= 15 is 0 Å². The fraction of sp³-hybridized carbons (Fsp3) is 0.0909. The molecule has 0 aliphatic rings. The van der Waals surface area contributed by atoms with Crippen LogP contribution < -0.4 is 5.32 Å². The Labute approximate surface area is 120 Å². The summed E-state index contributed by atoms with van der Waals surface area (Å²) in [5, 5.41) is 5.40. The Hall–Kier alpha value is -1.11. The fourth-order valence-corrected chi connectivity index (χ4v) is 3.26. The van der Waals surface area contributed by atoms with E-state index in [2.05, 4.69) is 31.2 Å². The summed E-state index contributed by atoms with van der Waals surface area (Å²) in [7, 11) is 0. The summed E-state index contributed by atoms with van der Waals surface area (Å²) in [5.74, 6) is 1.56. The summed E-state index contributed by atoms with van der Waals surface area (Å²) in [5.41, 5.74) is 0.821. The molecule has 3 aromatic heterocycles. The van der Waals surface area contributed by atoms with Crippen molar-refractivity contribution >= 4 is 54.9 Å². The standard InChI is InChI=1S/C11H7BrClN3OS/c12-7-5-18-9-8(7)15-11(13)16-10(9)14-4-6-2-1-3-17-6/h1-3,5H,4H2,(H,14,15,16). The summed E-state index contributed by atoms with van der Waals surface area (Å²) in [6.07, 6.45) is 1.64. The molecule has 18 heavy (non-hydrogen) atoms. The van der Waals surface area contributed by atoms with Crippen molar-refractivity contribution in [1.82, 2.24) is 9.97 Å². The van der Waals surface area contributed by atoms with Gasteiger partial charge in [-0.05, 0) is 39.7 Å². The molecule has 0 unspecified atom stereocenters. The maximum Gasteiger partial charge on any atom is 0.225 e. The van der Waals surface area contributed by atoms with Gasteiger partial charge in [-0.1, -0.05) is 0 Å². The third kappa shape index (κ3) is 2.23. The minimum atomic E-state index is 0.226. The van der Waals surface area contributed by atoms with E-state index in [0.29, 0.717) is 6.54 Å². The Bertz CT molecular complexity index is 683. The van der Waals surface area contributed by atoms with Crippen LogP contribution in [0.3, 0.4) is 0 Å². The van der Waals surface area contributed by atoms with E-state index in [1.807, 2.05) is 17.5 Å². The monoisotopic (exact) mass is 343 g/mol. The van der Waals surface area contributed by atoms with Crippen molar-refractivity contribution in [3.05, 3.63) is 39.3 Å². The number of hydrogen-bond acceptors (Lipinski definition) is 5. The van der Waals surface area contributed by atoms with Crippen molar-refractivity contribution in [3.63, 3.8) is 0 Å². The number of anilines is 1. The Kier molecular flexibility index (Phi) is 3.23. The first-order valence-electron chi connectivity index (χ1n) is 5.10. The summed E-state index contributed by atoms with van der Waals surface area (Å²) >= 11 is 10.9. The van der Waals surface area contributed by atoms with E-state index in [1.54, 1.807) is 17.6 Å². The maximum atomic E-state index is 5.91. The Balaban J connectivity index is 1.95. The van der Waals surface area contributed by atoms with Gasteiger partial charge in [0, 0.05) is 5.38 Å². The minimum Gasteiger partial charge on any atom is -0.467 e. The zero-order valence-electron chi connectivity index (χ0n) is 8.98. The number of rotatable bonds is 3. The first kappa shape index (κ1) is 12.0. The lowest BCUT2D eigenvalue weighted by Gasteiger charge is -2.05. The number of furan rings is 1. The maximum absolute atomic E-state index is 5.91. The molecule has 1 N–H and O–H groups in total. The topological polar surface area (TPSA) is 51.0 Å². The van der Waals surface area contributed by atoms with Gasteiger partial charge in [0.1, 0.15) is 17.1 Å². The molecule has 0 amide bonds. The molecule has 0 saturated heterocycles. The molecular formula is C11H7BrClN3OS. The molecule has 3 aromatic rings. The Morgan fingerprint density at radius 2 is 2.33 bits per heavy atom. The summed E-state index contributed by atoms with van der Waals surface area (Å²) < 4.78 is 7.15. The van der Waals surface area contributed by atoms with Crippen molar-refractivity contribution < 1.29 is 4.42 Å². The lowest BCUT2D eigenvalue weighted by molar-refractivity contribution is 0.518. The molecule has 0 fully saturated rings. The van der Waals surface area contributed by atoms with Crippen LogP contribution in [-0.2, 0) is 6.54 Å². The normalized spacial score (nSPS) is 11.0. The molecule has 0 bridgehead atoms. The second-order valence-corrected chi connectivity index (χ2v) is 5.61. The van der Waals surface area contributed by atoms with E-state index < -0.39 is 0 Å². The molecule has 0 atom stereocenters. The quantitative estimate of drug-likeness (QED) is 0.719. The van der Waals surface area contributed by atoms with E-state index in [9.17, 15) is 0 Å². The molecule has 3 rings (SSSR count). The third-order valence-corrected chi connectivity index (χ3v) is 4.41. The molecule has 92 valence electrons. The van der Waals surface area contributed by atoms with Gasteiger partial charge >= 0.3 is 0 Å². The fourth-order valence-electron chi connectivity index (χ4n) is 1.57. The molecular weight excluding hydrogens is 338 g/mol. The van der Waals surface area contributed by atoms with Gasteiger partial charge in [-0.3, -0.25) is 0 Å². The average molecular weight is 345 g/mol. The molecule has 0 aromatic carbocycles. The van der Waals surface area contributed by atoms with Gasteiger partial charge in [-0.15, -0.1) is 11.3 Å². The minimum absolute atomic E-state index is 0.226. The highest BCUT2D eigenvalue weighted by Gasteiger charge is 2.11. The van der Waals surface area contributed by atoms with Crippen LogP contribution in [0.1, 0.15) is 5.76 Å². The molecule has 3 heterocycles. The third-order valence-electron chi connectivity index (χ3n) is 2.35. The highest BCUT2D eigenvalue weighted by Crippen LogP contribution is 2.34. The van der Waals surface area contributed by atoms with Crippen LogP contribution >= 0.6 is 38.9 Å². The van der Waals surface area contributed by atoms with Crippen LogP contribution in [0.4, 0.5) is 5.82 Å². The predicted molar refractivity (Wildman–Crippen MR) is 76.2 cm³/mol. The van der Waals surface area contributed by atoms with Crippen LogP contribution in [0, 0.1) is 0 Å². The summed E-state index contributed by atoms with van der Waals surface area (Å²) in [6, 6.07) is 3.75. The van der Waals surface area contributed by atoms with Crippen molar-refractivity contribution in [2.45, 2.75) is 6.54 Å². The molecule has 0 saturated carbocycles. The highest BCUT2D eigenvalue weighted by molar-refractivity contribution is 9.10. The molecule has 0 radical (unpaired) electrons. The zero-order chi connectivity index (χ0) is 12.5. The number of hydrogen-bond donors (Lipinski definition) is 1. The van der Waals surface area contributed by atoms with Gasteiger partial charge in [-0.2, -0.15) is 4.98 Å². The van der Waals surface area contributed by atoms with Crippen LogP contribution in [0.15, 0.2) is 32.7 Å².